The zero-order chi connectivity index (χ0) is 10.9. The van der Waals surface area contributed by atoms with Crippen LogP contribution in [0, 0.1) is 17.8 Å². The Morgan fingerprint density at radius 1 is 1.20 bits per heavy atom. The van der Waals surface area contributed by atoms with E-state index < -0.39 is 0 Å². The van der Waals surface area contributed by atoms with E-state index in [0.29, 0.717) is 17.8 Å². The summed E-state index contributed by atoms with van der Waals surface area (Å²) in [5.41, 5.74) is -0.236. The summed E-state index contributed by atoms with van der Waals surface area (Å²) in [4.78, 5) is 0. The lowest BCUT2D eigenvalue weighted by Crippen LogP contribution is -2.25. The van der Waals surface area contributed by atoms with Gasteiger partial charge in [0.25, 0.3) is 0 Å². The van der Waals surface area contributed by atoms with Gasteiger partial charge in [-0.05, 0) is 37.0 Å². The topological polar surface area (TPSA) is 20.2 Å². The van der Waals surface area contributed by atoms with E-state index in [1.165, 1.54) is 51.4 Å². The van der Waals surface area contributed by atoms with E-state index in [2.05, 4.69) is 13.8 Å². The second-order valence-electron chi connectivity index (χ2n) is 5.63. The fourth-order valence-corrected chi connectivity index (χ4v) is 3.96. The van der Waals surface area contributed by atoms with Crippen LogP contribution in [-0.4, -0.2) is 10.7 Å². The minimum atomic E-state index is -0.236. The minimum absolute atomic E-state index is 0.236. The summed E-state index contributed by atoms with van der Waals surface area (Å²) in [5.74, 6) is 1.94. The molecule has 0 bridgehead atoms. The molecule has 1 heteroatoms. The van der Waals surface area contributed by atoms with E-state index in [1.807, 2.05) is 0 Å². The van der Waals surface area contributed by atoms with Crippen molar-refractivity contribution in [3.8, 4) is 0 Å². The largest absolute Gasteiger partial charge is 0.389 e. The molecule has 0 spiro atoms. The first kappa shape index (κ1) is 11.4. The predicted molar refractivity (Wildman–Crippen MR) is 63.7 cm³/mol. The first-order chi connectivity index (χ1) is 7.25. The van der Waals surface area contributed by atoms with Crippen molar-refractivity contribution in [2.45, 2.75) is 70.8 Å². The molecule has 2 aliphatic carbocycles. The lowest BCUT2D eigenvalue weighted by molar-refractivity contribution is 0.0455. The molecule has 0 amide bonds. The molecule has 1 nitrogen and oxygen atoms in total. The van der Waals surface area contributed by atoms with E-state index in [4.69, 9.17) is 0 Å². The van der Waals surface area contributed by atoms with E-state index in [9.17, 15) is 5.11 Å². The molecule has 3 atom stereocenters. The zero-order valence-electron chi connectivity index (χ0n) is 10.3. The van der Waals surface area contributed by atoms with Crippen LogP contribution in [0.15, 0.2) is 0 Å². The Kier molecular flexibility index (Phi) is 3.39. The monoisotopic (exact) mass is 210 g/mol. The molecule has 2 rings (SSSR count). The molecule has 3 unspecified atom stereocenters. The summed E-state index contributed by atoms with van der Waals surface area (Å²) >= 11 is 0. The van der Waals surface area contributed by atoms with Crippen molar-refractivity contribution in [3.63, 3.8) is 0 Å². The third kappa shape index (κ3) is 1.84. The van der Waals surface area contributed by atoms with Crippen LogP contribution in [0.5, 0.6) is 0 Å². The molecule has 2 saturated carbocycles. The van der Waals surface area contributed by atoms with Gasteiger partial charge in [0.15, 0.2) is 0 Å². The zero-order valence-corrected chi connectivity index (χ0v) is 10.3. The molecule has 0 saturated heterocycles. The number of hydrogen-bond donors (Lipinski definition) is 1. The van der Waals surface area contributed by atoms with Gasteiger partial charge >= 0.3 is 0 Å². The third-order valence-electron chi connectivity index (χ3n) is 4.90. The van der Waals surface area contributed by atoms with Gasteiger partial charge in [-0.25, -0.2) is 0 Å². The Balaban J connectivity index is 1.95. The van der Waals surface area contributed by atoms with Crippen molar-refractivity contribution in [1.29, 1.82) is 0 Å². The molecule has 0 aromatic carbocycles. The average molecular weight is 210 g/mol. The van der Waals surface area contributed by atoms with Gasteiger partial charge in [-0.2, -0.15) is 0 Å². The summed E-state index contributed by atoms with van der Waals surface area (Å²) in [6, 6.07) is 0. The molecule has 0 radical (unpaired) electrons. The minimum Gasteiger partial charge on any atom is -0.389 e. The highest BCUT2D eigenvalue weighted by molar-refractivity contribution is 5.15. The van der Waals surface area contributed by atoms with Crippen molar-refractivity contribution in [2.75, 3.05) is 0 Å². The van der Waals surface area contributed by atoms with Crippen molar-refractivity contribution in [2.24, 2.45) is 17.8 Å². The van der Waals surface area contributed by atoms with Crippen molar-refractivity contribution in [1.82, 2.24) is 0 Å². The maximum Gasteiger partial charge on any atom is 0.0739 e. The first-order valence-electron chi connectivity index (χ1n) is 6.97. The highest BCUT2D eigenvalue weighted by atomic mass is 16.3. The van der Waals surface area contributed by atoms with Gasteiger partial charge < -0.3 is 5.11 Å². The van der Waals surface area contributed by atoms with Gasteiger partial charge in [0.05, 0.1) is 5.60 Å². The van der Waals surface area contributed by atoms with Crippen molar-refractivity contribution < 1.29 is 5.11 Å². The van der Waals surface area contributed by atoms with Crippen LogP contribution < -0.4 is 0 Å². The van der Waals surface area contributed by atoms with Gasteiger partial charge in [0.2, 0.25) is 0 Å². The molecule has 0 aromatic heterocycles. The molecular weight excluding hydrogens is 184 g/mol. The van der Waals surface area contributed by atoms with Crippen molar-refractivity contribution >= 4 is 0 Å². The summed E-state index contributed by atoms with van der Waals surface area (Å²) in [6.45, 7) is 4.50. The van der Waals surface area contributed by atoms with E-state index >= 15 is 0 Å². The maximum absolute atomic E-state index is 10.8. The highest BCUT2D eigenvalue weighted by Gasteiger charge is 2.66. The Hall–Kier alpha value is -0.0400. The molecule has 0 aromatic rings. The second-order valence-corrected chi connectivity index (χ2v) is 5.63. The molecule has 88 valence electrons. The molecule has 2 aliphatic rings. The number of fused-ring (bicyclic) bond motifs is 1. The van der Waals surface area contributed by atoms with Crippen molar-refractivity contribution in [3.05, 3.63) is 0 Å². The number of rotatable bonds is 5. The molecule has 0 heterocycles. The Morgan fingerprint density at radius 3 is 2.27 bits per heavy atom. The van der Waals surface area contributed by atoms with Gasteiger partial charge in [-0.15, -0.1) is 0 Å². The first-order valence-corrected chi connectivity index (χ1v) is 6.97. The van der Waals surface area contributed by atoms with Gasteiger partial charge in [-0.1, -0.05) is 46.0 Å². The third-order valence-corrected chi connectivity index (χ3v) is 4.90. The molecule has 1 N–H and O–H groups in total. The standard InChI is InChI=1S/C14H26O/c1-3-5-8-11(4-2)14(15)12-9-6-7-10-13(12)14/h11-13,15H,3-10H2,1-2H3. The second kappa shape index (κ2) is 4.45. The van der Waals surface area contributed by atoms with Crippen LogP contribution in [-0.2, 0) is 0 Å². The van der Waals surface area contributed by atoms with E-state index in [0.717, 1.165) is 0 Å². The smallest absolute Gasteiger partial charge is 0.0739 e. The quantitative estimate of drug-likeness (QED) is 0.732. The Morgan fingerprint density at radius 2 is 1.80 bits per heavy atom. The van der Waals surface area contributed by atoms with Crippen LogP contribution in [0.1, 0.15) is 65.2 Å². The number of hydrogen-bond acceptors (Lipinski definition) is 1. The molecule has 2 fully saturated rings. The van der Waals surface area contributed by atoms with Gasteiger partial charge in [0, 0.05) is 0 Å². The Labute approximate surface area is 94.3 Å². The number of unbranched alkanes of at least 4 members (excludes halogenated alkanes) is 1. The lowest BCUT2D eigenvalue weighted by Gasteiger charge is -2.23. The van der Waals surface area contributed by atoms with Gasteiger partial charge in [0.1, 0.15) is 0 Å². The SMILES string of the molecule is CCCCC(CC)C1(O)C2CCCCC21. The summed E-state index contributed by atoms with van der Waals surface area (Å²) in [5, 5.41) is 10.8. The molecule has 15 heavy (non-hydrogen) atoms. The summed E-state index contributed by atoms with van der Waals surface area (Å²) in [6.07, 6.45) is 10.3. The predicted octanol–water partition coefficient (Wildman–Crippen LogP) is 3.75. The van der Waals surface area contributed by atoms with Crippen LogP contribution in [0.2, 0.25) is 0 Å². The van der Waals surface area contributed by atoms with Gasteiger partial charge in [-0.3, -0.25) is 0 Å². The summed E-state index contributed by atoms with van der Waals surface area (Å²) < 4.78 is 0. The van der Waals surface area contributed by atoms with Crippen LogP contribution >= 0.6 is 0 Å². The normalized spacial score (nSPS) is 41.0. The lowest BCUT2D eigenvalue weighted by atomic mass is 9.89. The fourth-order valence-electron chi connectivity index (χ4n) is 3.96. The molecule has 0 aliphatic heterocycles. The van der Waals surface area contributed by atoms with Crippen LogP contribution in [0.3, 0.4) is 0 Å². The van der Waals surface area contributed by atoms with E-state index in [-0.39, 0.29) is 5.60 Å². The van der Waals surface area contributed by atoms with Crippen LogP contribution in [0.25, 0.3) is 0 Å². The van der Waals surface area contributed by atoms with E-state index in [1.54, 1.807) is 0 Å². The summed E-state index contributed by atoms with van der Waals surface area (Å²) in [7, 11) is 0. The fraction of sp³-hybridized carbons (Fsp3) is 1.00. The van der Waals surface area contributed by atoms with Crippen LogP contribution in [0.4, 0.5) is 0 Å². The Bertz CT molecular complexity index is 199. The highest BCUT2D eigenvalue weighted by Crippen LogP contribution is 2.63. The number of aliphatic hydroxyl groups is 1. The maximum atomic E-state index is 10.8. The molecular formula is C14H26O. The average Bonchev–Trinajstić information content (AvgIpc) is 2.88.